The normalized spacial score (nSPS) is 15.6. The largest absolute Gasteiger partial charge is 0.463 e. The van der Waals surface area contributed by atoms with E-state index in [9.17, 15) is 5.11 Å². The first-order chi connectivity index (χ1) is 16.0. The van der Waals surface area contributed by atoms with E-state index in [-0.39, 0.29) is 0 Å². The molecule has 0 aromatic heterocycles. The first-order valence-corrected chi connectivity index (χ1v) is 12.1. The first kappa shape index (κ1) is 25.7. The van der Waals surface area contributed by atoms with Crippen LogP contribution < -0.4 is 10.1 Å². The molecule has 0 saturated carbocycles. The fourth-order valence-electron chi connectivity index (χ4n) is 3.71. The highest BCUT2D eigenvalue weighted by Gasteiger charge is 2.27. The van der Waals surface area contributed by atoms with Crippen LogP contribution >= 0.6 is 0 Å². The van der Waals surface area contributed by atoms with Gasteiger partial charge in [-0.15, -0.1) is 0 Å². The van der Waals surface area contributed by atoms with Crippen molar-refractivity contribution in [1.29, 1.82) is 0 Å². The number of unbranched alkanes of at least 4 members (excludes halogenated alkanes) is 3. The number of aliphatic hydroxyl groups is 1. The summed E-state index contributed by atoms with van der Waals surface area (Å²) < 4.78 is 22.8. The second-order valence-corrected chi connectivity index (χ2v) is 8.94. The van der Waals surface area contributed by atoms with Crippen LogP contribution in [0.1, 0.15) is 62.3 Å². The summed E-state index contributed by atoms with van der Waals surface area (Å²) in [7, 11) is 0. The predicted octanol–water partition coefficient (Wildman–Crippen LogP) is 4.75. The van der Waals surface area contributed by atoms with Crippen LogP contribution in [0, 0.1) is 0 Å². The molecule has 0 saturated heterocycles. The summed E-state index contributed by atoms with van der Waals surface area (Å²) >= 11 is 0. The van der Waals surface area contributed by atoms with Crippen LogP contribution in [0.15, 0.2) is 48.5 Å². The topological polar surface area (TPSA) is 69.2 Å². The fraction of sp³-hybridized carbons (Fsp3) is 0.556. The zero-order valence-corrected chi connectivity index (χ0v) is 20.1. The van der Waals surface area contributed by atoms with Gasteiger partial charge in [-0.25, -0.2) is 0 Å². The Labute approximate surface area is 198 Å². The highest BCUT2D eigenvalue weighted by molar-refractivity contribution is 5.39. The van der Waals surface area contributed by atoms with E-state index in [2.05, 4.69) is 17.4 Å². The molecule has 6 heteroatoms. The Morgan fingerprint density at radius 2 is 1.76 bits per heavy atom. The minimum atomic E-state index is -0.599. The fourth-order valence-corrected chi connectivity index (χ4v) is 3.71. The van der Waals surface area contributed by atoms with Crippen molar-refractivity contribution in [3.05, 3.63) is 65.2 Å². The van der Waals surface area contributed by atoms with Gasteiger partial charge in [0.15, 0.2) is 0 Å². The molecule has 3 rings (SSSR count). The summed E-state index contributed by atoms with van der Waals surface area (Å²) in [5.41, 5.74) is 3.06. The molecule has 2 N–H and O–H groups in total. The zero-order chi connectivity index (χ0) is 23.4. The van der Waals surface area contributed by atoms with Crippen molar-refractivity contribution in [2.24, 2.45) is 0 Å². The molecule has 0 unspecified atom stereocenters. The van der Waals surface area contributed by atoms with E-state index in [1.165, 1.54) is 5.56 Å². The lowest BCUT2D eigenvalue weighted by Gasteiger charge is -2.33. The lowest BCUT2D eigenvalue weighted by atomic mass is 10.0. The molecule has 1 atom stereocenters. The van der Waals surface area contributed by atoms with Crippen LogP contribution in [0.3, 0.4) is 0 Å². The predicted molar refractivity (Wildman–Crippen MR) is 129 cm³/mol. The van der Waals surface area contributed by atoms with Crippen LogP contribution in [0.25, 0.3) is 0 Å². The minimum Gasteiger partial charge on any atom is -0.463 e. The van der Waals surface area contributed by atoms with E-state index in [0.29, 0.717) is 33.0 Å². The van der Waals surface area contributed by atoms with Gasteiger partial charge in [0.05, 0.1) is 32.5 Å². The van der Waals surface area contributed by atoms with Gasteiger partial charge >= 0.3 is 0 Å². The molecular weight excluding hydrogens is 418 g/mol. The summed E-state index contributed by atoms with van der Waals surface area (Å²) in [6, 6.07) is 16.0. The second-order valence-electron chi connectivity index (χ2n) is 8.94. The third-order valence-corrected chi connectivity index (χ3v) is 5.61. The molecule has 0 fully saturated rings. The summed E-state index contributed by atoms with van der Waals surface area (Å²) in [6.07, 6.45) is 3.92. The highest BCUT2D eigenvalue weighted by Crippen LogP contribution is 2.32. The van der Waals surface area contributed by atoms with E-state index in [1.807, 2.05) is 50.2 Å². The van der Waals surface area contributed by atoms with E-state index in [0.717, 1.165) is 55.7 Å². The quantitative estimate of drug-likeness (QED) is 0.376. The molecule has 182 valence electrons. The number of ether oxygens (including phenoxy) is 4. The van der Waals surface area contributed by atoms with E-state index in [4.69, 9.17) is 18.9 Å². The second kappa shape index (κ2) is 13.7. The molecule has 1 aliphatic heterocycles. The van der Waals surface area contributed by atoms with Gasteiger partial charge in [-0.3, -0.25) is 0 Å². The molecular formula is C27H39NO5. The lowest BCUT2D eigenvalue weighted by molar-refractivity contribution is -0.180. The Kier molecular flexibility index (Phi) is 10.6. The Hall–Kier alpha value is -1.96. The number of hydrogen-bond donors (Lipinski definition) is 2. The summed E-state index contributed by atoms with van der Waals surface area (Å²) in [5.74, 6) is 0.233. The zero-order valence-electron chi connectivity index (χ0n) is 20.1. The summed E-state index contributed by atoms with van der Waals surface area (Å²) in [6.45, 7) is 8.44. The first-order valence-electron chi connectivity index (χ1n) is 12.1. The molecule has 1 heterocycles. The van der Waals surface area contributed by atoms with E-state index in [1.54, 1.807) is 0 Å². The van der Waals surface area contributed by atoms with E-state index < -0.39 is 11.9 Å². The SMILES string of the molecule is CC1(C)OCc2cc([C@@H](O)CNCCCCCCOCCOCc3ccccc3)ccc2O1. The van der Waals surface area contributed by atoms with Gasteiger partial charge in [0.25, 0.3) is 0 Å². The number of aliphatic hydroxyl groups excluding tert-OH is 1. The monoisotopic (exact) mass is 457 g/mol. The molecule has 6 nitrogen and oxygen atoms in total. The van der Waals surface area contributed by atoms with Crippen molar-refractivity contribution in [2.45, 2.75) is 64.6 Å². The maximum Gasteiger partial charge on any atom is 0.205 e. The third kappa shape index (κ3) is 9.43. The van der Waals surface area contributed by atoms with Crippen LogP contribution in [0.2, 0.25) is 0 Å². The van der Waals surface area contributed by atoms with Crippen molar-refractivity contribution in [3.63, 3.8) is 0 Å². The molecule has 2 aromatic carbocycles. The van der Waals surface area contributed by atoms with Crippen molar-refractivity contribution in [2.75, 3.05) is 32.9 Å². The van der Waals surface area contributed by atoms with Gasteiger partial charge in [0.2, 0.25) is 5.79 Å². The number of fused-ring (bicyclic) bond motifs is 1. The van der Waals surface area contributed by atoms with Crippen molar-refractivity contribution in [3.8, 4) is 5.75 Å². The van der Waals surface area contributed by atoms with Crippen LogP contribution in [-0.4, -0.2) is 43.8 Å². The van der Waals surface area contributed by atoms with Gasteiger partial charge < -0.3 is 29.4 Å². The molecule has 0 amide bonds. The molecule has 1 aliphatic rings. The molecule has 0 radical (unpaired) electrons. The van der Waals surface area contributed by atoms with Crippen LogP contribution in [0.5, 0.6) is 5.75 Å². The van der Waals surface area contributed by atoms with Gasteiger partial charge in [-0.1, -0.05) is 49.2 Å². The maximum atomic E-state index is 10.5. The molecule has 0 spiro atoms. The van der Waals surface area contributed by atoms with E-state index >= 15 is 0 Å². The van der Waals surface area contributed by atoms with Crippen molar-refractivity contribution >= 4 is 0 Å². The summed E-state index contributed by atoms with van der Waals surface area (Å²) in [4.78, 5) is 0. The summed E-state index contributed by atoms with van der Waals surface area (Å²) in [5, 5.41) is 13.8. The average Bonchev–Trinajstić information content (AvgIpc) is 2.81. The Morgan fingerprint density at radius 1 is 0.970 bits per heavy atom. The number of rotatable bonds is 15. The van der Waals surface area contributed by atoms with Crippen molar-refractivity contribution in [1.82, 2.24) is 5.32 Å². The highest BCUT2D eigenvalue weighted by atomic mass is 16.7. The average molecular weight is 458 g/mol. The molecule has 33 heavy (non-hydrogen) atoms. The van der Waals surface area contributed by atoms with Crippen molar-refractivity contribution < 1.29 is 24.1 Å². The van der Waals surface area contributed by atoms with Gasteiger partial charge in [-0.05, 0) is 42.6 Å². The smallest absolute Gasteiger partial charge is 0.205 e. The Morgan fingerprint density at radius 3 is 2.61 bits per heavy atom. The minimum absolute atomic E-state index is 0.501. The van der Waals surface area contributed by atoms with Gasteiger partial charge in [0, 0.05) is 32.6 Å². The molecule has 0 bridgehead atoms. The van der Waals surface area contributed by atoms with Gasteiger partial charge in [-0.2, -0.15) is 0 Å². The third-order valence-electron chi connectivity index (χ3n) is 5.61. The lowest BCUT2D eigenvalue weighted by Crippen LogP contribution is -2.35. The maximum absolute atomic E-state index is 10.5. The Balaban J connectivity index is 1.15. The molecule has 2 aromatic rings. The number of nitrogens with one attached hydrogen (secondary N) is 1. The van der Waals surface area contributed by atoms with Crippen LogP contribution in [0.4, 0.5) is 0 Å². The van der Waals surface area contributed by atoms with Gasteiger partial charge in [0.1, 0.15) is 5.75 Å². The molecule has 0 aliphatic carbocycles. The standard InChI is InChI=1S/C27H39NO5/c1-27(2)32-21-24-18-23(12-13-26(24)33-27)25(29)19-28-14-8-3-4-9-15-30-16-17-31-20-22-10-6-5-7-11-22/h5-7,10-13,18,25,28-29H,3-4,8-9,14-17,19-21H2,1-2H3/t25-/m0/s1. The van der Waals surface area contributed by atoms with Crippen LogP contribution in [-0.2, 0) is 27.4 Å². The Bertz CT molecular complexity index is 811. The number of benzene rings is 2. The number of hydrogen-bond acceptors (Lipinski definition) is 6.